The Kier molecular flexibility index (Phi) is 4.84. The molecule has 1 aromatic carbocycles. The minimum atomic E-state index is -1.17. The van der Waals surface area contributed by atoms with Gasteiger partial charge in [0, 0.05) is 16.1 Å². The van der Waals surface area contributed by atoms with Gasteiger partial charge >= 0.3 is 0 Å². The highest BCUT2D eigenvalue weighted by molar-refractivity contribution is 9.10. The third-order valence-corrected chi connectivity index (χ3v) is 3.84. The van der Waals surface area contributed by atoms with Gasteiger partial charge in [-0.05, 0) is 42.3 Å². The van der Waals surface area contributed by atoms with Gasteiger partial charge in [-0.3, -0.25) is 14.9 Å². The summed E-state index contributed by atoms with van der Waals surface area (Å²) >= 11 is 3.25. The van der Waals surface area contributed by atoms with Crippen LogP contribution in [-0.2, 0) is 4.79 Å². The molecule has 7 heteroatoms. The Balaban J connectivity index is 3.17. The Morgan fingerprint density at radius 1 is 1.60 bits per heavy atom. The van der Waals surface area contributed by atoms with E-state index in [0.29, 0.717) is 16.5 Å². The van der Waals surface area contributed by atoms with Crippen molar-refractivity contribution in [2.45, 2.75) is 27.2 Å². The molecule has 0 aromatic heterocycles. The maximum Gasteiger partial charge on any atom is 0.274 e. The van der Waals surface area contributed by atoms with Crippen molar-refractivity contribution in [3.8, 4) is 6.07 Å². The van der Waals surface area contributed by atoms with Crippen LogP contribution in [-0.4, -0.2) is 10.8 Å². The Bertz CT molecular complexity index is 610. The highest BCUT2D eigenvalue weighted by Crippen LogP contribution is 2.32. The van der Waals surface area contributed by atoms with E-state index in [2.05, 4.69) is 21.2 Å². The molecule has 20 heavy (non-hydrogen) atoms. The zero-order chi connectivity index (χ0) is 15.5. The molecule has 0 aliphatic rings. The van der Waals surface area contributed by atoms with Crippen LogP contribution < -0.4 is 5.32 Å². The van der Waals surface area contributed by atoms with Crippen molar-refractivity contribution in [1.29, 1.82) is 5.26 Å². The highest BCUT2D eigenvalue weighted by Gasteiger charge is 2.32. The fourth-order valence-electron chi connectivity index (χ4n) is 1.50. The second-order valence-electron chi connectivity index (χ2n) is 4.63. The molecule has 106 valence electrons. The number of hydrogen-bond donors (Lipinski definition) is 1. The number of carbonyl (C=O) groups is 1. The Morgan fingerprint density at radius 2 is 2.20 bits per heavy atom. The molecule has 0 aliphatic heterocycles. The molecule has 0 saturated carbocycles. The number of amides is 1. The Morgan fingerprint density at radius 3 is 2.65 bits per heavy atom. The first-order valence-electron chi connectivity index (χ1n) is 5.92. The number of nitrogens with zero attached hydrogens (tertiary/aromatic N) is 2. The topological polar surface area (TPSA) is 96.0 Å². The maximum absolute atomic E-state index is 12.1. The van der Waals surface area contributed by atoms with Gasteiger partial charge in [0.25, 0.3) is 5.69 Å². The van der Waals surface area contributed by atoms with Gasteiger partial charge in [0.15, 0.2) is 0 Å². The quantitative estimate of drug-likeness (QED) is 0.670. The molecule has 0 aliphatic carbocycles. The van der Waals surface area contributed by atoms with Crippen LogP contribution in [0.25, 0.3) is 0 Å². The van der Waals surface area contributed by atoms with E-state index in [9.17, 15) is 14.9 Å². The predicted molar refractivity (Wildman–Crippen MR) is 78.2 cm³/mol. The third-order valence-electron chi connectivity index (χ3n) is 3.19. The lowest BCUT2D eigenvalue weighted by atomic mass is 9.88. The van der Waals surface area contributed by atoms with Crippen LogP contribution in [0.5, 0.6) is 0 Å². The molecule has 6 nitrogen and oxygen atoms in total. The average molecular weight is 340 g/mol. The average Bonchev–Trinajstić information content (AvgIpc) is 2.40. The standard InChI is InChI=1S/C13H14BrN3O3/c1-4-13(3,7-15)12(18)16-10-6-11(17(19)20)8(2)5-9(10)14/h5-6H,4H2,1-3H3,(H,16,18). The van der Waals surface area contributed by atoms with Gasteiger partial charge in [-0.1, -0.05) is 6.92 Å². The van der Waals surface area contributed by atoms with E-state index in [1.807, 2.05) is 6.07 Å². The normalized spacial score (nSPS) is 13.2. The Labute approximate surface area is 125 Å². The van der Waals surface area contributed by atoms with Crippen molar-refractivity contribution in [2.24, 2.45) is 5.41 Å². The van der Waals surface area contributed by atoms with Gasteiger partial charge in [0.2, 0.25) is 5.91 Å². The van der Waals surface area contributed by atoms with Gasteiger partial charge in [0.1, 0.15) is 5.41 Å². The maximum atomic E-state index is 12.1. The van der Waals surface area contributed by atoms with Crippen molar-refractivity contribution < 1.29 is 9.72 Å². The number of hydrogen-bond acceptors (Lipinski definition) is 4. The lowest BCUT2D eigenvalue weighted by Gasteiger charge is -2.19. The smallest absolute Gasteiger partial charge is 0.274 e. The molecule has 1 rings (SSSR count). The van der Waals surface area contributed by atoms with Crippen molar-refractivity contribution >= 4 is 33.2 Å². The number of nitrogens with one attached hydrogen (secondary N) is 1. The molecule has 1 atom stereocenters. The van der Waals surface area contributed by atoms with E-state index in [4.69, 9.17) is 5.26 Å². The lowest BCUT2D eigenvalue weighted by molar-refractivity contribution is -0.385. The van der Waals surface area contributed by atoms with Crippen LogP contribution in [0.3, 0.4) is 0 Å². The van der Waals surface area contributed by atoms with E-state index < -0.39 is 16.2 Å². The largest absolute Gasteiger partial charge is 0.323 e. The molecule has 1 unspecified atom stereocenters. The summed E-state index contributed by atoms with van der Waals surface area (Å²) in [7, 11) is 0. The molecule has 0 spiro atoms. The van der Waals surface area contributed by atoms with Gasteiger partial charge in [0.05, 0.1) is 16.7 Å². The van der Waals surface area contributed by atoms with Crippen LogP contribution in [0, 0.1) is 33.8 Å². The summed E-state index contributed by atoms with van der Waals surface area (Å²) < 4.78 is 0.533. The number of halogens is 1. The summed E-state index contributed by atoms with van der Waals surface area (Å²) in [5.41, 5.74) is -0.488. The van der Waals surface area contributed by atoms with Crippen LogP contribution in [0.1, 0.15) is 25.8 Å². The molecule has 1 aromatic rings. The first-order chi connectivity index (χ1) is 9.25. The van der Waals surface area contributed by atoms with Gasteiger partial charge in [-0.2, -0.15) is 5.26 Å². The van der Waals surface area contributed by atoms with E-state index in [-0.39, 0.29) is 11.4 Å². The molecular weight excluding hydrogens is 326 g/mol. The van der Waals surface area contributed by atoms with Crippen LogP contribution >= 0.6 is 15.9 Å². The number of benzene rings is 1. The van der Waals surface area contributed by atoms with E-state index in [1.54, 1.807) is 19.9 Å². The molecule has 0 fully saturated rings. The number of nitro groups is 1. The lowest BCUT2D eigenvalue weighted by Crippen LogP contribution is -2.31. The van der Waals surface area contributed by atoms with Crippen molar-refractivity contribution in [3.05, 3.63) is 32.3 Å². The highest BCUT2D eigenvalue weighted by atomic mass is 79.9. The van der Waals surface area contributed by atoms with E-state index >= 15 is 0 Å². The summed E-state index contributed by atoms with van der Waals surface area (Å²) in [5.74, 6) is -0.485. The third kappa shape index (κ3) is 3.14. The molecule has 0 radical (unpaired) electrons. The van der Waals surface area contributed by atoms with Gasteiger partial charge < -0.3 is 5.32 Å². The molecule has 0 bridgehead atoms. The fraction of sp³-hybridized carbons (Fsp3) is 0.385. The summed E-state index contributed by atoms with van der Waals surface area (Å²) in [6.45, 7) is 4.87. The molecule has 1 amide bonds. The van der Waals surface area contributed by atoms with Crippen LogP contribution in [0.4, 0.5) is 11.4 Å². The monoisotopic (exact) mass is 339 g/mol. The predicted octanol–water partition coefficient (Wildman–Crippen LogP) is 3.54. The minimum absolute atomic E-state index is 0.0846. The van der Waals surface area contributed by atoms with Crippen LogP contribution in [0.15, 0.2) is 16.6 Å². The summed E-state index contributed by atoms with van der Waals surface area (Å²) in [5, 5.41) is 22.5. The van der Waals surface area contributed by atoms with E-state index in [0.717, 1.165) is 0 Å². The number of nitro benzene ring substituents is 1. The SMILES string of the molecule is CCC(C)(C#N)C(=O)Nc1cc([N+](=O)[O-])c(C)cc1Br. The Hall–Kier alpha value is -1.94. The number of nitriles is 1. The first kappa shape index (κ1) is 16.1. The first-order valence-corrected chi connectivity index (χ1v) is 6.71. The second-order valence-corrected chi connectivity index (χ2v) is 5.48. The number of aryl methyl sites for hydroxylation is 1. The number of carbonyl (C=O) groups excluding carboxylic acids is 1. The summed E-state index contributed by atoms with van der Waals surface area (Å²) in [6, 6.07) is 4.80. The summed E-state index contributed by atoms with van der Waals surface area (Å²) in [4.78, 5) is 22.5. The van der Waals surface area contributed by atoms with E-state index in [1.165, 1.54) is 13.0 Å². The van der Waals surface area contributed by atoms with Crippen molar-refractivity contribution in [2.75, 3.05) is 5.32 Å². The molecular formula is C13H14BrN3O3. The number of rotatable bonds is 4. The zero-order valence-corrected chi connectivity index (χ0v) is 12.9. The second kappa shape index (κ2) is 6.01. The van der Waals surface area contributed by atoms with Crippen LogP contribution in [0.2, 0.25) is 0 Å². The van der Waals surface area contributed by atoms with Crippen molar-refractivity contribution in [3.63, 3.8) is 0 Å². The molecule has 1 N–H and O–H groups in total. The minimum Gasteiger partial charge on any atom is -0.323 e. The summed E-state index contributed by atoms with van der Waals surface area (Å²) in [6.07, 6.45) is 0.348. The van der Waals surface area contributed by atoms with Gasteiger partial charge in [-0.15, -0.1) is 0 Å². The van der Waals surface area contributed by atoms with Crippen molar-refractivity contribution in [1.82, 2.24) is 0 Å². The molecule has 0 saturated heterocycles. The molecule has 0 heterocycles. The van der Waals surface area contributed by atoms with Gasteiger partial charge in [-0.25, -0.2) is 0 Å². The fourth-order valence-corrected chi connectivity index (χ4v) is 2.06. The zero-order valence-electron chi connectivity index (χ0n) is 11.4. The number of anilines is 1.